The second-order valence-corrected chi connectivity index (χ2v) is 3.77. The third kappa shape index (κ3) is 2.25. The molecule has 0 aromatic heterocycles. The number of primary amides is 1. The molecule has 74 valence electrons. The van der Waals surface area contributed by atoms with Crippen LogP contribution in [0.2, 0.25) is 0 Å². The van der Waals surface area contributed by atoms with Crippen LogP contribution in [0, 0.1) is 5.92 Å². The van der Waals surface area contributed by atoms with Gasteiger partial charge in [0.1, 0.15) is 0 Å². The quantitative estimate of drug-likeness (QED) is 0.757. The van der Waals surface area contributed by atoms with Crippen molar-refractivity contribution in [3.8, 4) is 0 Å². The summed E-state index contributed by atoms with van der Waals surface area (Å²) in [5.74, 6) is 0.451. The highest BCUT2D eigenvalue weighted by Crippen LogP contribution is 2.28. The number of hydrogen-bond acceptors (Lipinski definition) is 2. The summed E-state index contributed by atoms with van der Waals surface area (Å²) < 4.78 is 0. The minimum atomic E-state index is -0.375. The Bertz CT molecular complexity index is 345. The van der Waals surface area contributed by atoms with Crippen molar-refractivity contribution in [2.45, 2.75) is 12.8 Å². The fourth-order valence-corrected chi connectivity index (χ4v) is 1.37. The Morgan fingerprint density at radius 2 is 2.29 bits per heavy atom. The zero-order chi connectivity index (χ0) is 9.97. The lowest BCUT2D eigenvalue weighted by molar-refractivity contribution is 0.100. The third-order valence-electron chi connectivity index (χ3n) is 2.44. The molecule has 14 heavy (non-hydrogen) atoms. The van der Waals surface area contributed by atoms with Crippen molar-refractivity contribution in [1.29, 1.82) is 0 Å². The molecular weight excluding hydrogens is 176 g/mol. The molecule has 0 heterocycles. The van der Waals surface area contributed by atoms with Gasteiger partial charge in [0, 0.05) is 17.8 Å². The number of hydrogen-bond donors (Lipinski definition) is 2. The molecule has 0 bridgehead atoms. The highest BCUT2D eigenvalue weighted by molar-refractivity contribution is 5.93. The van der Waals surface area contributed by atoms with E-state index in [1.807, 2.05) is 12.1 Å². The van der Waals surface area contributed by atoms with E-state index in [1.54, 1.807) is 12.1 Å². The number of carbonyl (C=O) groups excluding carboxylic acids is 1. The number of carbonyl (C=O) groups is 1. The summed E-state index contributed by atoms with van der Waals surface area (Å²) in [6.45, 7) is 1.00. The van der Waals surface area contributed by atoms with E-state index in [2.05, 4.69) is 5.32 Å². The van der Waals surface area contributed by atoms with Crippen molar-refractivity contribution < 1.29 is 4.79 Å². The van der Waals surface area contributed by atoms with Crippen LogP contribution in [0.3, 0.4) is 0 Å². The molecule has 1 fully saturated rings. The average molecular weight is 190 g/mol. The first kappa shape index (κ1) is 9.06. The van der Waals surface area contributed by atoms with Crippen LogP contribution in [0.15, 0.2) is 24.3 Å². The van der Waals surface area contributed by atoms with Gasteiger partial charge in [-0.3, -0.25) is 4.79 Å². The van der Waals surface area contributed by atoms with E-state index in [1.165, 1.54) is 12.8 Å². The second-order valence-electron chi connectivity index (χ2n) is 3.77. The summed E-state index contributed by atoms with van der Waals surface area (Å²) in [4.78, 5) is 10.9. The zero-order valence-electron chi connectivity index (χ0n) is 7.99. The predicted molar refractivity (Wildman–Crippen MR) is 56.2 cm³/mol. The van der Waals surface area contributed by atoms with Crippen LogP contribution < -0.4 is 11.1 Å². The van der Waals surface area contributed by atoms with E-state index >= 15 is 0 Å². The van der Waals surface area contributed by atoms with E-state index in [0.717, 1.165) is 18.2 Å². The fraction of sp³-hybridized carbons (Fsp3) is 0.364. The zero-order valence-corrected chi connectivity index (χ0v) is 7.99. The van der Waals surface area contributed by atoms with Crippen LogP contribution in [0.25, 0.3) is 0 Å². The standard InChI is InChI=1S/C11H14N2O/c12-11(14)9-2-1-3-10(6-9)13-7-8-4-5-8/h1-3,6,8,13H,4-5,7H2,(H2,12,14). The molecular formula is C11H14N2O. The van der Waals surface area contributed by atoms with E-state index < -0.39 is 0 Å². The molecule has 0 spiro atoms. The molecule has 1 aliphatic rings. The molecule has 0 saturated heterocycles. The molecule has 0 atom stereocenters. The topological polar surface area (TPSA) is 55.1 Å². The summed E-state index contributed by atoms with van der Waals surface area (Å²) in [5, 5.41) is 3.29. The fourth-order valence-electron chi connectivity index (χ4n) is 1.37. The largest absolute Gasteiger partial charge is 0.385 e. The molecule has 3 heteroatoms. The van der Waals surface area contributed by atoms with Crippen LogP contribution in [0.1, 0.15) is 23.2 Å². The van der Waals surface area contributed by atoms with Crippen LogP contribution in [0.5, 0.6) is 0 Å². The van der Waals surface area contributed by atoms with Gasteiger partial charge in [-0.1, -0.05) is 6.07 Å². The smallest absolute Gasteiger partial charge is 0.248 e. The maximum absolute atomic E-state index is 10.9. The van der Waals surface area contributed by atoms with E-state index in [-0.39, 0.29) is 5.91 Å². The van der Waals surface area contributed by atoms with E-state index in [4.69, 9.17) is 5.73 Å². The monoisotopic (exact) mass is 190 g/mol. The molecule has 0 radical (unpaired) electrons. The minimum Gasteiger partial charge on any atom is -0.385 e. The third-order valence-corrected chi connectivity index (χ3v) is 2.44. The van der Waals surface area contributed by atoms with Gasteiger partial charge < -0.3 is 11.1 Å². The summed E-state index contributed by atoms with van der Waals surface area (Å²) in [6.07, 6.45) is 2.64. The van der Waals surface area contributed by atoms with Gasteiger partial charge in [-0.05, 0) is 37.0 Å². The second kappa shape index (κ2) is 3.70. The molecule has 1 aromatic carbocycles. The van der Waals surface area contributed by atoms with Crippen molar-refractivity contribution in [2.24, 2.45) is 11.7 Å². The summed E-state index contributed by atoms with van der Waals surface area (Å²) in [7, 11) is 0. The Morgan fingerprint density at radius 3 is 2.93 bits per heavy atom. The summed E-state index contributed by atoms with van der Waals surface area (Å²) >= 11 is 0. The first-order valence-electron chi connectivity index (χ1n) is 4.89. The molecule has 1 amide bonds. The van der Waals surface area contributed by atoms with Gasteiger partial charge in [-0.25, -0.2) is 0 Å². The van der Waals surface area contributed by atoms with Gasteiger partial charge in [0.2, 0.25) is 5.91 Å². The number of anilines is 1. The van der Waals surface area contributed by atoms with Crippen LogP contribution >= 0.6 is 0 Å². The lowest BCUT2D eigenvalue weighted by Crippen LogP contribution is -2.11. The van der Waals surface area contributed by atoms with Crippen molar-refractivity contribution in [2.75, 3.05) is 11.9 Å². The number of benzene rings is 1. The lowest BCUT2D eigenvalue weighted by atomic mass is 10.2. The van der Waals surface area contributed by atoms with Crippen molar-refractivity contribution >= 4 is 11.6 Å². The molecule has 2 rings (SSSR count). The average Bonchev–Trinajstić information content (AvgIpc) is 2.99. The Balaban J connectivity index is 2.01. The molecule has 0 aliphatic heterocycles. The van der Waals surface area contributed by atoms with Gasteiger partial charge in [0.15, 0.2) is 0 Å². The molecule has 1 saturated carbocycles. The van der Waals surface area contributed by atoms with Gasteiger partial charge in [0.25, 0.3) is 0 Å². The van der Waals surface area contributed by atoms with Gasteiger partial charge in [-0.2, -0.15) is 0 Å². The summed E-state index contributed by atoms with van der Waals surface area (Å²) in [6, 6.07) is 7.32. The first-order valence-corrected chi connectivity index (χ1v) is 4.89. The maximum Gasteiger partial charge on any atom is 0.248 e. The van der Waals surface area contributed by atoms with Crippen LogP contribution in [-0.4, -0.2) is 12.5 Å². The summed E-state index contributed by atoms with van der Waals surface area (Å²) in [5.41, 5.74) is 6.72. The van der Waals surface area contributed by atoms with Gasteiger partial charge >= 0.3 is 0 Å². The molecule has 3 nitrogen and oxygen atoms in total. The van der Waals surface area contributed by atoms with Gasteiger partial charge in [-0.15, -0.1) is 0 Å². The van der Waals surface area contributed by atoms with Crippen LogP contribution in [0.4, 0.5) is 5.69 Å². The number of nitrogens with one attached hydrogen (secondary N) is 1. The highest BCUT2D eigenvalue weighted by atomic mass is 16.1. The number of rotatable bonds is 4. The molecule has 0 unspecified atom stereocenters. The molecule has 1 aliphatic carbocycles. The van der Waals surface area contributed by atoms with Gasteiger partial charge in [0.05, 0.1) is 0 Å². The predicted octanol–water partition coefficient (Wildman–Crippen LogP) is 1.61. The normalized spacial score (nSPS) is 15.1. The molecule has 1 aromatic rings. The van der Waals surface area contributed by atoms with E-state index in [0.29, 0.717) is 5.56 Å². The minimum absolute atomic E-state index is 0.375. The Hall–Kier alpha value is -1.51. The number of nitrogens with two attached hydrogens (primary N) is 1. The number of amides is 1. The SMILES string of the molecule is NC(=O)c1cccc(NCC2CC2)c1. The van der Waals surface area contributed by atoms with Crippen molar-refractivity contribution in [3.63, 3.8) is 0 Å². The van der Waals surface area contributed by atoms with Crippen molar-refractivity contribution in [3.05, 3.63) is 29.8 Å². The highest BCUT2D eigenvalue weighted by Gasteiger charge is 2.20. The first-order chi connectivity index (χ1) is 6.75. The Morgan fingerprint density at radius 1 is 1.50 bits per heavy atom. The van der Waals surface area contributed by atoms with Crippen molar-refractivity contribution in [1.82, 2.24) is 0 Å². The van der Waals surface area contributed by atoms with E-state index in [9.17, 15) is 4.79 Å². The lowest BCUT2D eigenvalue weighted by Gasteiger charge is -2.05. The maximum atomic E-state index is 10.9. The van der Waals surface area contributed by atoms with Crippen LogP contribution in [-0.2, 0) is 0 Å². The molecule has 3 N–H and O–H groups in total. The Labute approximate surface area is 83.3 Å². The Kier molecular flexibility index (Phi) is 2.39.